The summed E-state index contributed by atoms with van der Waals surface area (Å²) >= 11 is 11.9. The lowest BCUT2D eigenvalue weighted by molar-refractivity contribution is -0.139. The van der Waals surface area contributed by atoms with E-state index in [1.54, 1.807) is 32.2 Å². The van der Waals surface area contributed by atoms with Crippen LogP contribution in [0.2, 0.25) is 10.0 Å². The molecule has 0 bridgehead atoms. The van der Waals surface area contributed by atoms with Crippen LogP contribution in [0.5, 0.6) is 5.75 Å². The van der Waals surface area contributed by atoms with Gasteiger partial charge in [-0.2, -0.15) is 31.6 Å². The Labute approximate surface area is 514 Å². The predicted octanol–water partition coefficient (Wildman–Crippen LogP) is 23.4. The first-order chi connectivity index (χ1) is 39.3. The normalized spacial score (nSPS) is 11.0. The molecule has 0 aliphatic heterocycles. The fraction of sp³-hybridized carbons (Fsp3) is 0.437. The number of benzene rings is 4. The van der Waals surface area contributed by atoms with Gasteiger partial charge in [-0.25, -0.2) is 4.39 Å². The maximum absolute atomic E-state index is 12.9. The summed E-state index contributed by atoms with van der Waals surface area (Å²) in [5.41, 5.74) is 12.3. The molecule has 0 aliphatic rings. The van der Waals surface area contributed by atoms with Crippen molar-refractivity contribution in [3.05, 3.63) is 220 Å². The third-order valence-electron chi connectivity index (χ3n) is 13.8. The Balaban J connectivity index is 0.000000497. The summed E-state index contributed by atoms with van der Waals surface area (Å²) in [6.07, 6.45) is -3.20. The molecule has 5 nitrogen and oxygen atoms in total. The molecule has 0 fully saturated rings. The van der Waals surface area contributed by atoms with Crippen molar-refractivity contribution in [3.63, 3.8) is 0 Å². The van der Waals surface area contributed by atoms with Crippen LogP contribution in [0.1, 0.15) is 233 Å². The van der Waals surface area contributed by atoms with Crippen LogP contribution in [0, 0.1) is 65.6 Å². The lowest BCUT2D eigenvalue weighted by Gasteiger charge is -2.13. The zero-order chi connectivity index (χ0) is 65.4. The highest BCUT2D eigenvalue weighted by atomic mass is 35.5. The van der Waals surface area contributed by atoms with Gasteiger partial charge in [0.25, 0.3) is 0 Å². The second kappa shape index (κ2) is 36.0. The molecule has 85 heavy (non-hydrogen) atoms. The standard InChI is InChI=1S/C11H13F3.C11H13NO.C10H13Cl.C10H12F3N.C10H13F.C10H15N.C9H12ClN/c1-7(2)9-5-4-8(3)10(6-9)11(12,13)14;1-8(2)9-4-5-10(7-12)11(6-9)13-3;1-7(2)9-5-4-8(3)10(11)6-9;1-6(2)8-4-9(10(11,12)13)7(3)14-5-8;1-7(2)9-5-4-8(3)10(11)6-9;1-7(2)10-5-8(3)9(4)11-6-10;1-6(2)8-4-9(10)7(3)11-5-8/h4-7H,1-3H3;4-6,8H,1-3H3;4-7H,1-3H3;4-6H,1-3H3;4-7H,1-3H3;5-7H,1-4H3;4-6H,1-3H3. The minimum absolute atomic E-state index is 0.0295. The quantitative estimate of drug-likeness (QED) is 0.142. The molecule has 3 heterocycles. The number of nitrogens with zero attached hydrogens (tertiary/aromatic N) is 4. The fourth-order valence-corrected chi connectivity index (χ4v) is 7.73. The van der Waals surface area contributed by atoms with Gasteiger partial charge in [0.2, 0.25) is 0 Å². The number of aromatic nitrogens is 3. The molecule has 14 heteroatoms. The van der Waals surface area contributed by atoms with E-state index in [2.05, 4.69) is 115 Å². The second-order valence-corrected chi connectivity index (χ2v) is 24.0. The van der Waals surface area contributed by atoms with Gasteiger partial charge in [-0.1, -0.05) is 169 Å². The summed E-state index contributed by atoms with van der Waals surface area (Å²) in [6.45, 7) is 41.4. The number of halogens is 9. The van der Waals surface area contributed by atoms with Gasteiger partial charge in [0.05, 0.1) is 34.5 Å². The Bertz CT molecular complexity index is 2920. The average Bonchev–Trinajstić information content (AvgIpc) is 3.56. The summed E-state index contributed by atoms with van der Waals surface area (Å²) in [7, 11) is 1.58. The van der Waals surface area contributed by atoms with Crippen molar-refractivity contribution in [2.45, 2.75) is 199 Å². The summed E-state index contributed by atoms with van der Waals surface area (Å²) in [6, 6.07) is 29.3. The molecular weight excluding hydrogens is 1130 g/mol. The minimum Gasteiger partial charge on any atom is -0.495 e. The highest BCUT2D eigenvalue weighted by Crippen LogP contribution is 2.35. The van der Waals surface area contributed by atoms with Crippen molar-refractivity contribution in [3.8, 4) is 11.8 Å². The molecule has 0 N–H and O–H groups in total. The van der Waals surface area contributed by atoms with Crippen molar-refractivity contribution in [1.29, 1.82) is 5.26 Å². The van der Waals surface area contributed by atoms with Crippen molar-refractivity contribution in [2.75, 3.05) is 7.11 Å². The highest BCUT2D eigenvalue weighted by Gasteiger charge is 2.34. The van der Waals surface area contributed by atoms with Gasteiger partial charge >= 0.3 is 12.4 Å². The largest absolute Gasteiger partial charge is 0.495 e. The zero-order valence-electron chi connectivity index (χ0n) is 54.0. The monoisotopic (exact) mass is 1220 g/mol. The number of methoxy groups -OCH3 is 1. The van der Waals surface area contributed by atoms with E-state index in [0.717, 1.165) is 43.7 Å². The molecule has 0 aliphatic carbocycles. The first-order valence-corrected chi connectivity index (χ1v) is 29.4. The first-order valence-electron chi connectivity index (χ1n) is 28.6. The van der Waals surface area contributed by atoms with Crippen LogP contribution in [-0.2, 0) is 12.4 Å². The Hall–Kier alpha value is -6.29. The van der Waals surface area contributed by atoms with Crippen molar-refractivity contribution in [2.24, 2.45) is 0 Å². The van der Waals surface area contributed by atoms with Gasteiger partial charge in [-0.15, -0.1) is 0 Å². The van der Waals surface area contributed by atoms with Crippen LogP contribution in [-0.4, -0.2) is 22.1 Å². The Morgan fingerprint density at radius 2 is 0.753 bits per heavy atom. The van der Waals surface area contributed by atoms with E-state index in [-0.39, 0.29) is 28.9 Å². The molecule has 7 aromatic rings. The number of nitriles is 1. The number of hydrogen-bond donors (Lipinski definition) is 0. The number of alkyl halides is 6. The average molecular weight is 1220 g/mol. The van der Waals surface area contributed by atoms with E-state index in [1.165, 1.54) is 66.1 Å². The maximum atomic E-state index is 12.9. The van der Waals surface area contributed by atoms with Gasteiger partial charge in [0.15, 0.2) is 0 Å². The van der Waals surface area contributed by atoms with Crippen LogP contribution in [0.3, 0.4) is 0 Å². The van der Waals surface area contributed by atoms with Crippen LogP contribution in [0.15, 0.2) is 110 Å². The van der Waals surface area contributed by atoms with Crippen LogP contribution >= 0.6 is 23.2 Å². The van der Waals surface area contributed by atoms with Crippen molar-refractivity contribution < 1.29 is 35.5 Å². The SMILES string of the molecule is COc1cc(C(C)C)ccc1C#N.Cc1cc(C(C)C)cnc1C.Cc1ccc(C(C)C)cc1C(F)(F)F.Cc1ccc(C(C)C)cc1Cl.Cc1ccc(C(C)C)cc1F.Cc1ncc(C(C)C)cc1C(F)(F)F.Cc1ncc(C(C)C)cc1Cl. The van der Waals surface area contributed by atoms with Gasteiger partial charge in [-0.05, 0) is 194 Å². The summed E-state index contributed by atoms with van der Waals surface area (Å²) in [4.78, 5) is 12.2. The van der Waals surface area contributed by atoms with E-state index in [9.17, 15) is 30.7 Å². The molecule has 3 aromatic heterocycles. The Kier molecular flexibility index (Phi) is 32.5. The molecule has 4 aromatic carbocycles. The van der Waals surface area contributed by atoms with E-state index in [0.29, 0.717) is 46.5 Å². The van der Waals surface area contributed by atoms with Gasteiger partial charge in [0, 0.05) is 35.0 Å². The second-order valence-electron chi connectivity index (χ2n) is 23.2. The number of rotatable bonds is 8. The van der Waals surface area contributed by atoms with Crippen LogP contribution in [0.4, 0.5) is 30.7 Å². The molecule has 0 saturated heterocycles. The lowest BCUT2D eigenvalue weighted by atomic mass is 9.98. The van der Waals surface area contributed by atoms with E-state index >= 15 is 0 Å². The van der Waals surface area contributed by atoms with Crippen LogP contribution in [0.25, 0.3) is 0 Å². The molecule has 0 saturated carbocycles. The molecule has 0 amide bonds. The predicted molar refractivity (Wildman–Crippen MR) is 342 cm³/mol. The topological polar surface area (TPSA) is 71.7 Å². The smallest absolute Gasteiger partial charge is 0.418 e. The molecule has 0 unspecified atom stereocenters. The molecule has 7 rings (SSSR count). The molecule has 0 spiro atoms. The number of hydrogen-bond acceptors (Lipinski definition) is 5. The van der Waals surface area contributed by atoms with Gasteiger partial charge < -0.3 is 4.74 Å². The third-order valence-corrected chi connectivity index (χ3v) is 14.6. The third kappa shape index (κ3) is 26.9. The molecule has 0 radical (unpaired) electrons. The van der Waals surface area contributed by atoms with E-state index in [4.69, 9.17) is 33.2 Å². The van der Waals surface area contributed by atoms with Crippen molar-refractivity contribution >= 4 is 23.2 Å². The molecule has 0 atom stereocenters. The first kappa shape index (κ1) is 76.7. The molecular formula is C71H91Cl2F7N4O. The van der Waals surface area contributed by atoms with Gasteiger partial charge in [0.1, 0.15) is 17.6 Å². The van der Waals surface area contributed by atoms with E-state index in [1.807, 2.05) is 97.3 Å². The molecule has 464 valence electrons. The summed E-state index contributed by atoms with van der Waals surface area (Å²) in [5, 5.41) is 10.4. The summed E-state index contributed by atoms with van der Waals surface area (Å²) < 4.78 is 92.9. The highest BCUT2D eigenvalue weighted by molar-refractivity contribution is 6.31. The van der Waals surface area contributed by atoms with Crippen LogP contribution < -0.4 is 4.74 Å². The Morgan fingerprint density at radius 3 is 1.15 bits per heavy atom. The van der Waals surface area contributed by atoms with Crippen molar-refractivity contribution in [1.82, 2.24) is 15.0 Å². The summed E-state index contributed by atoms with van der Waals surface area (Å²) in [5.74, 6) is 3.26. The number of ether oxygens (including phenoxy) is 1. The Morgan fingerprint density at radius 1 is 0.400 bits per heavy atom. The number of aryl methyl sites for hydroxylation is 7. The minimum atomic E-state index is -4.30. The van der Waals surface area contributed by atoms with E-state index < -0.39 is 23.5 Å². The van der Waals surface area contributed by atoms with Gasteiger partial charge in [-0.3, -0.25) is 15.0 Å². The lowest BCUT2D eigenvalue weighted by Crippen LogP contribution is -2.10. The zero-order valence-corrected chi connectivity index (χ0v) is 55.5. The maximum Gasteiger partial charge on any atom is 0.418 e. The fourth-order valence-electron chi connectivity index (χ4n) is 7.37. The number of pyridine rings is 3.